The molecule has 0 N–H and O–H groups in total. The highest BCUT2D eigenvalue weighted by Gasteiger charge is 2.11. The van der Waals surface area contributed by atoms with Gasteiger partial charge in [-0.1, -0.05) is 121 Å². The van der Waals surface area contributed by atoms with Crippen LogP contribution < -0.4 is 0 Å². The average Bonchev–Trinajstić information content (AvgIpc) is 3.08. The summed E-state index contributed by atoms with van der Waals surface area (Å²) in [5, 5.41) is 0. The van der Waals surface area contributed by atoms with Crippen LogP contribution in [0.2, 0.25) is 0 Å². The Kier molecular flexibility index (Phi) is 22.4. The van der Waals surface area contributed by atoms with Crippen molar-refractivity contribution in [2.24, 2.45) is 9.98 Å². The van der Waals surface area contributed by atoms with Crippen LogP contribution in [0.15, 0.2) is 58.5 Å². The van der Waals surface area contributed by atoms with Crippen LogP contribution in [0.3, 0.4) is 0 Å². The predicted molar refractivity (Wildman–Crippen MR) is 204 cm³/mol. The molecule has 2 nitrogen and oxygen atoms in total. The molecule has 0 aliphatic heterocycles. The van der Waals surface area contributed by atoms with E-state index < -0.39 is 0 Å². The molecule has 2 rings (SSSR count). The van der Waals surface area contributed by atoms with E-state index in [1.807, 2.05) is 0 Å². The number of rotatable bonds is 20. The van der Waals surface area contributed by atoms with E-state index in [4.69, 9.17) is 9.98 Å². The van der Waals surface area contributed by atoms with Gasteiger partial charge in [-0.3, -0.25) is 4.99 Å². The van der Waals surface area contributed by atoms with Gasteiger partial charge >= 0.3 is 0 Å². The minimum absolute atomic E-state index is 0.813. The number of aliphatic imine (C=N–C) groups is 2. The summed E-state index contributed by atoms with van der Waals surface area (Å²) in [6.07, 6.45) is 21.6. The number of benzene rings is 2. The van der Waals surface area contributed by atoms with Gasteiger partial charge < -0.3 is 0 Å². The van der Waals surface area contributed by atoms with Gasteiger partial charge in [-0.15, -0.1) is 23.7 Å². The Hall–Kier alpha value is -3.54. The average molecular weight is 617 g/mol. The highest BCUT2D eigenvalue weighted by Crippen LogP contribution is 2.24. The topological polar surface area (TPSA) is 24.7 Å². The van der Waals surface area contributed by atoms with Gasteiger partial charge in [0.2, 0.25) is 0 Å². The standard InChI is InChI=1S/C44H60N2/c1-5-9-13-16-19-21-24-31-39-33-27-29-36-41(39)45-43(35-12-8-4)44(38-26-23-18-15-11-7-3)46-42-37-30-28-34-40(42)32-25-22-20-17-14-10-6-2/h27-30,33-34,36-37H,5-18,23-25,31-32,35H2,1-4H3. The van der Waals surface area contributed by atoms with Crippen LogP contribution >= 0.6 is 0 Å². The van der Waals surface area contributed by atoms with Gasteiger partial charge in [-0.05, 0) is 74.1 Å². The molecule has 0 aliphatic rings. The van der Waals surface area contributed by atoms with Gasteiger partial charge in [0.25, 0.3) is 0 Å². The lowest BCUT2D eigenvalue weighted by molar-refractivity contribution is 0.680. The molecule has 0 radical (unpaired) electrons. The molecule has 0 atom stereocenters. The van der Waals surface area contributed by atoms with Crippen LogP contribution in [-0.4, -0.2) is 11.4 Å². The number of para-hydroxylation sites is 2. The van der Waals surface area contributed by atoms with E-state index in [0.29, 0.717) is 0 Å². The molecule has 0 unspecified atom stereocenters. The van der Waals surface area contributed by atoms with Gasteiger partial charge in [-0.25, -0.2) is 4.99 Å². The van der Waals surface area contributed by atoms with Crippen molar-refractivity contribution in [2.75, 3.05) is 0 Å². The minimum Gasteiger partial charge on any atom is -0.250 e. The number of hydrogen-bond donors (Lipinski definition) is 0. The van der Waals surface area contributed by atoms with Crippen molar-refractivity contribution in [2.45, 2.75) is 156 Å². The molecular formula is C44H60N2. The fourth-order valence-corrected chi connectivity index (χ4v) is 5.13. The third kappa shape index (κ3) is 17.2. The second-order valence-corrected chi connectivity index (χ2v) is 12.1. The Morgan fingerprint density at radius 1 is 0.478 bits per heavy atom. The molecule has 0 aliphatic carbocycles. The smallest absolute Gasteiger partial charge is 0.135 e. The Labute approximate surface area is 283 Å². The Morgan fingerprint density at radius 3 is 1.50 bits per heavy atom. The van der Waals surface area contributed by atoms with Crippen molar-refractivity contribution in [1.29, 1.82) is 0 Å². The third-order valence-electron chi connectivity index (χ3n) is 7.97. The summed E-state index contributed by atoms with van der Waals surface area (Å²) in [7, 11) is 0. The lowest BCUT2D eigenvalue weighted by atomic mass is 10.0. The SMILES string of the molecule is CCCCCC#CCCc1ccccc1N=C(C#CCCCCCC)C(CCCC)=Nc1ccccc1CCC#CCCCCC. The molecule has 46 heavy (non-hydrogen) atoms. The molecule has 2 heteroatoms. The summed E-state index contributed by atoms with van der Waals surface area (Å²) in [6, 6.07) is 17.0. The van der Waals surface area contributed by atoms with Crippen LogP contribution in [0.1, 0.15) is 154 Å². The fourth-order valence-electron chi connectivity index (χ4n) is 5.13. The predicted octanol–water partition coefficient (Wildman–Crippen LogP) is 12.7. The molecule has 0 saturated carbocycles. The molecule has 0 amide bonds. The highest BCUT2D eigenvalue weighted by atomic mass is 14.8. The zero-order chi connectivity index (χ0) is 32.9. The fraction of sp³-hybridized carbons (Fsp3) is 0.545. The summed E-state index contributed by atoms with van der Waals surface area (Å²) >= 11 is 0. The zero-order valence-electron chi connectivity index (χ0n) is 29.7. The van der Waals surface area contributed by atoms with Crippen molar-refractivity contribution in [3.05, 3.63) is 59.7 Å². The molecule has 2 aromatic rings. The van der Waals surface area contributed by atoms with Gasteiger partial charge in [0.05, 0.1) is 17.1 Å². The number of aryl methyl sites for hydroxylation is 2. The van der Waals surface area contributed by atoms with Crippen molar-refractivity contribution in [3.63, 3.8) is 0 Å². The first-order valence-electron chi connectivity index (χ1n) is 18.5. The van der Waals surface area contributed by atoms with E-state index in [0.717, 1.165) is 93.4 Å². The summed E-state index contributed by atoms with van der Waals surface area (Å²) < 4.78 is 0. The van der Waals surface area contributed by atoms with Crippen LogP contribution in [0.4, 0.5) is 11.4 Å². The van der Waals surface area contributed by atoms with E-state index in [1.54, 1.807) is 0 Å². The van der Waals surface area contributed by atoms with E-state index in [1.165, 1.54) is 68.9 Å². The molecule has 0 aromatic heterocycles. The Balaban J connectivity index is 2.42. The van der Waals surface area contributed by atoms with Gasteiger partial charge in [0, 0.05) is 32.1 Å². The molecule has 246 valence electrons. The van der Waals surface area contributed by atoms with Crippen molar-refractivity contribution in [1.82, 2.24) is 0 Å². The summed E-state index contributed by atoms with van der Waals surface area (Å²) in [5.74, 6) is 20.5. The molecule has 0 heterocycles. The van der Waals surface area contributed by atoms with Gasteiger partial charge in [-0.2, -0.15) is 0 Å². The minimum atomic E-state index is 0.813. The second kappa shape index (κ2) is 26.7. The summed E-state index contributed by atoms with van der Waals surface area (Å²) in [5.41, 5.74) is 6.27. The number of unbranched alkanes of at least 4 members (excludes halogenated alkanes) is 11. The summed E-state index contributed by atoms with van der Waals surface area (Å²) in [4.78, 5) is 10.6. The Morgan fingerprint density at radius 2 is 0.935 bits per heavy atom. The highest BCUT2D eigenvalue weighted by molar-refractivity contribution is 6.49. The van der Waals surface area contributed by atoms with Gasteiger partial charge in [0.1, 0.15) is 5.71 Å². The van der Waals surface area contributed by atoms with Crippen molar-refractivity contribution >= 4 is 22.8 Å². The first kappa shape index (κ1) is 38.6. The molecule has 0 fully saturated rings. The Bertz CT molecular complexity index is 1360. The van der Waals surface area contributed by atoms with E-state index in [2.05, 4.69) is 112 Å². The lowest BCUT2D eigenvalue weighted by Crippen LogP contribution is -2.13. The van der Waals surface area contributed by atoms with Crippen molar-refractivity contribution in [3.8, 4) is 35.5 Å². The van der Waals surface area contributed by atoms with Crippen LogP contribution in [-0.2, 0) is 12.8 Å². The molecule has 0 bridgehead atoms. The van der Waals surface area contributed by atoms with E-state index >= 15 is 0 Å². The molecule has 0 saturated heterocycles. The normalized spacial score (nSPS) is 11.2. The largest absolute Gasteiger partial charge is 0.250 e. The van der Waals surface area contributed by atoms with E-state index in [9.17, 15) is 0 Å². The molecular weight excluding hydrogens is 556 g/mol. The number of nitrogens with zero attached hydrogens (tertiary/aromatic N) is 2. The maximum Gasteiger partial charge on any atom is 0.135 e. The molecule has 0 spiro atoms. The van der Waals surface area contributed by atoms with Gasteiger partial charge in [0.15, 0.2) is 0 Å². The van der Waals surface area contributed by atoms with Crippen LogP contribution in [0.25, 0.3) is 0 Å². The first-order valence-corrected chi connectivity index (χ1v) is 18.5. The summed E-state index contributed by atoms with van der Waals surface area (Å²) in [6.45, 7) is 8.96. The zero-order valence-corrected chi connectivity index (χ0v) is 29.7. The maximum atomic E-state index is 5.31. The third-order valence-corrected chi connectivity index (χ3v) is 7.97. The second-order valence-electron chi connectivity index (χ2n) is 12.1. The monoisotopic (exact) mass is 616 g/mol. The van der Waals surface area contributed by atoms with Crippen LogP contribution in [0.5, 0.6) is 0 Å². The first-order chi connectivity index (χ1) is 22.7. The lowest BCUT2D eigenvalue weighted by Gasteiger charge is -2.10. The number of hydrogen-bond acceptors (Lipinski definition) is 2. The van der Waals surface area contributed by atoms with Crippen LogP contribution in [0, 0.1) is 35.5 Å². The quantitative estimate of drug-likeness (QED) is 0.0803. The molecule has 2 aromatic carbocycles. The van der Waals surface area contributed by atoms with Crippen molar-refractivity contribution < 1.29 is 0 Å². The van der Waals surface area contributed by atoms with E-state index in [-0.39, 0.29) is 0 Å². The maximum absolute atomic E-state index is 5.31.